The molecule has 0 aliphatic rings. The van der Waals surface area contributed by atoms with E-state index in [0.717, 1.165) is 17.2 Å². The molecule has 0 bridgehead atoms. The van der Waals surface area contributed by atoms with Crippen molar-refractivity contribution in [1.82, 2.24) is 5.32 Å². The highest BCUT2D eigenvalue weighted by Gasteiger charge is 2.16. The Kier molecular flexibility index (Phi) is 6.46. The summed E-state index contributed by atoms with van der Waals surface area (Å²) in [6.07, 6.45) is 0. The quantitative estimate of drug-likeness (QED) is 0.735. The second-order valence-electron chi connectivity index (χ2n) is 5.50. The van der Waals surface area contributed by atoms with Gasteiger partial charge in [0.1, 0.15) is 5.82 Å². The number of carbonyl (C=O) groups is 3. The van der Waals surface area contributed by atoms with Crippen molar-refractivity contribution in [1.29, 1.82) is 0 Å². The topological polar surface area (TPSA) is 84.5 Å². The van der Waals surface area contributed by atoms with Crippen molar-refractivity contribution in [3.05, 3.63) is 63.4 Å². The number of hydrogen-bond acceptors (Lipinski definition) is 4. The van der Waals surface area contributed by atoms with Gasteiger partial charge >= 0.3 is 12.0 Å². The van der Waals surface area contributed by atoms with E-state index in [1.807, 2.05) is 25.2 Å². The number of rotatable bonds is 4. The fraction of sp³-hybridized carbons (Fsp3) is 0.167. The number of imide groups is 1. The van der Waals surface area contributed by atoms with Gasteiger partial charge in [-0.25, -0.2) is 14.0 Å². The van der Waals surface area contributed by atoms with Crippen LogP contribution >= 0.6 is 15.9 Å². The molecule has 0 fully saturated rings. The Morgan fingerprint density at radius 3 is 2.50 bits per heavy atom. The van der Waals surface area contributed by atoms with E-state index in [9.17, 15) is 18.8 Å². The number of amides is 3. The molecule has 26 heavy (non-hydrogen) atoms. The minimum Gasteiger partial charge on any atom is -0.452 e. The molecular weight excluding hydrogens is 407 g/mol. The normalized spacial score (nSPS) is 10.2. The SMILES string of the molecule is Cc1ccc(NC(=O)NC(=O)COC(=O)c2cc(F)ccc2Br)cc1C. The van der Waals surface area contributed by atoms with Crippen LogP contribution in [0.2, 0.25) is 0 Å². The lowest BCUT2D eigenvalue weighted by Crippen LogP contribution is -2.37. The number of halogens is 2. The van der Waals surface area contributed by atoms with Crippen LogP contribution in [0.4, 0.5) is 14.9 Å². The second-order valence-corrected chi connectivity index (χ2v) is 6.36. The molecule has 0 aliphatic carbocycles. The van der Waals surface area contributed by atoms with Crippen LogP contribution in [-0.2, 0) is 9.53 Å². The molecule has 2 N–H and O–H groups in total. The largest absolute Gasteiger partial charge is 0.452 e. The van der Waals surface area contributed by atoms with E-state index in [2.05, 4.69) is 21.2 Å². The smallest absolute Gasteiger partial charge is 0.339 e. The number of benzene rings is 2. The molecule has 2 rings (SSSR count). The zero-order valence-corrected chi connectivity index (χ0v) is 15.6. The number of ether oxygens (including phenoxy) is 1. The lowest BCUT2D eigenvalue weighted by molar-refractivity contribution is -0.123. The van der Waals surface area contributed by atoms with Crippen molar-refractivity contribution in [3.8, 4) is 0 Å². The predicted molar refractivity (Wildman–Crippen MR) is 97.5 cm³/mol. The Morgan fingerprint density at radius 2 is 1.81 bits per heavy atom. The summed E-state index contributed by atoms with van der Waals surface area (Å²) in [5, 5.41) is 4.55. The van der Waals surface area contributed by atoms with Crippen LogP contribution in [0.5, 0.6) is 0 Å². The molecule has 0 saturated heterocycles. The molecule has 3 amide bonds. The molecule has 0 unspecified atom stereocenters. The zero-order valence-electron chi connectivity index (χ0n) is 14.1. The van der Waals surface area contributed by atoms with Crippen LogP contribution in [0.1, 0.15) is 21.5 Å². The number of nitrogens with one attached hydrogen (secondary N) is 2. The lowest BCUT2D eigenvalue weighted by atomic mass is 10.1. The van der Waals surface area contributed by atoms with Gasteiger partial charge in [-0.1, -0.05) is 6.07 Å². The van der Waals surface area contributed by atoms with Gasteiger partial charge in [-0.3, -0.25) is 10.1 Å². The molecule has 2 aromatic rings. The van der Waals surface area contributed by atoms with Crippen LogP contribution < -0.4 is 10.6 Å². The van der Waals surface area contributed by atoms with Crippen LogP contribution in [-0.4, -0.2) is 24.5 Å². The van der Waals surface area contributed by atoms with Crippen LogP contribution in [0.3, 0.4) is 0 Å². The molecule has 0 saturated carbocycles. The first kappa shape index (κ1) is 19.6. The molecule has 0 aromatic heterocycles. The van der Waals surface area contributed by atoms with Crippen LogP contribution in [0.15, 0.2) is 40.9 Å². The average Bonchev–Trinajstić information content (AvgIpc) is 2.58. The summed E-state index contributed by atoms with van der Waals surface area (Å²) in [6, 6.07) is 8.06. The van der Waals surface area contributed by atoms with E-state index in [4.69, 9.17) is 4.74 Å². The van der Waals surface area contributed by atoms with Gasteiger partial charge in [0.25, 0.3) is 5.91 Å². The van der Waals surface area contributed by atoms with Gasteiger partial charge in [-0.15, -0.1) is 0 Å². The van der Waals surface area contributed by atoms with E-state index >= 15 is 0 Å². The molecule has 2 aromatic carbocycles. The third-order valence-electron chi connectivity index (χ3n) is 3.50. The molecule has 8 heteroatoms. The third kappa shape index (κ3) is 5.38. The summed E-state index contributed by atoms with van der Waals surface area (Å²) in [6.45, 7) is 3.16. The molecule has 0 spiro atoms. The maximum absolute atomic E-state index is 13.2. The summed E-state index contributed by atoms with van der Waals surface area (Å²) in [4.78, 5) is 35.4. The van der Waals surface area contributed by atoms with Gasteiger partial charge in [0.2, 0.25) is 0 Å². The van der Waals surface area contributed by atoms with Crippen LogP contribution in [0.25, 0.3) is 0 Å². The van der Waals surface area contributed by atoms with E-state index in [1.165, 1.54) is 12.1 Å². The minimum absolute atomic E-state index is 0.0580. The van der Waals surface area contributed by atoms with Gasteiger partial charge in [-0.05, 0) is 71.2 Å². The Labute approximate surface area is 157 Å². The first-order chi connectivity index (χ1) is 12.3. The van der Waals surface area contributed by atoms with Gasteiger partial charge < -0.3 is 10.1 Å². The number of anilines is 1. The molecule has 0 heterocycles. The van der Waals surface area contributed by atoms with Crippen LogP contribution in [0, 0.1) is 19.7 Å². The predicted octanol–water partition coefficient (Wildman–Crippen LogP) is 3.71. The summed E-state index contributed by atoms with van der Waals surface area (Å²) >= 11 is 3.09. The number of urea groups is 1. The Balaban J connectivity index is 1.86. The first-order valence-corrected chi connectivity index (χ1v) is 8.36. The monoisotopic (exact) mass is 422 g/mol. The van der Waals surface area contributed by atoms with E-state index in [1.54, 1.807) is 12.1 Å². The lowest BCUT2D eigenvalue weighted by Gasteiger charge is -2.09. The van der Waals surface area contributed by atoms with E-state index in [0.29, 0.717) is 10.2 Å². The Morgan fingerprint density at radius 1 is 1.08 bits per heavy atom. The van der Waals surface area contributed by atoms with Gasteiger partial charge in [0.15, 0.2) is 6.61 Å². The Hall–Kier alpha value is -2.74. The van der Waals surface area contributed by atoms with Crippen molar-refractivity contribution in [2.45, 2.75) is 13.8 Å². The van der Waals surface area contributed by atoms with Crippen molar-refractivity contribution in [2.24, 2.45) is 0 Å². The molecule has 136 valence electrons. The van der Waals surface area contributed by atoms with Crippen molar-refractivity contribution >= 4 is 39.5 Å². The Bertz CT molecular complexity index is 870. The highest BCUT2D eigenvalue weighted by atomic mass is 79.9. The number of esters is 1. The molecule has 0 radical (unpaired) electrons. The maximum Gasteiger partial charge on any atom is 0.339 e. The molecule has 0 atom stereocenters. The highest BCUT2D eigenvalue weighted by Crippen LogP contribution is 2.18. The van der Waals surface area contributed by atoms with Gasteiger partial charge in [-0.2, -0.15) is 0 Å². The second kappa shape index (κ2) is 8.57. The number of aryl methyl sites for hydroxylation is 2. The fourth-order valence-electron chi connectivity index (χ4n) is 2.01. The minimum atomic E-state index is -0.888. The van der Waals surface area contributed by atoms with E-state index < -0.39 is 30.3 Å². The van der Waals surface area contributed by atoms with E-state index in [-0.39, 0.29) is 5.56 Å². The molecule has 6 nitrogen and oxygen atoms in total. The number of hydrogen-bond donors (Lipinski definition) is 2. The third-order valence-corrected chi connectivity index (χ3v) is 4.19. The summed E-state index contributed by atoms with van der Waals surface area (Å²) in [5.74, 6) is -2.31. The summed E-state index contributed by atoms with van der Waals surface area (Å²) in [7, 11) is 0. The number of carbonyl (C=O) groups excluding carboxylic acids is 3. The first-order valence-electron chi connectivity index (χ1n) is 7.56. The van der Waals surface area contributed by atoms with Gasteiger partial charge in [0.05, 0.1) is 5.56 Å². The van der Waals surface area contributed by atoms with Gasteiger partial charge in [0, 0.05) is 10.2 Å². The summed E-state index contributed by atoms with van der Waals surface area (Å²) in [5.41, 5.74) is 2.53. The van der Waals surface area contributed by atoms with Crippen molar-refractivity contribution < 1.29 is 23.5 Å². The average molecular weight is 423 g/mol. The molecular formula is C18H16BrFN2O4. The summed E-state index contributed by atoms with van der Waals surface area (Å²) < 4.78 is 18.3. The molecule has 0 aliphatic heterocycles. The standard InChI is InChI=1S/C18H16BrFN2O4/c1-10-3-5-13(7-11(10)2)21-18(25)22-16(23)9-26-17(24)14-8-12(20)4-6-15(14)19/h3-8H,9H2,1-2H3,(H2,21,22,23,25). The highest BCUT2D eigenvalue weighted by molar-refractivity contribution is 9.10. The van der Waals surface area contributed by atoms with Crippen molar-refractivity contribution in [2.75, 3.05) is 11.9 Å². The van der Waals surface area contributed by atoms with Crippen molar-refractivity contribution in [3.63, 3.8) is 0 Å². The maximum atomic E-state index is 13.2. The zero-order chi connectivity index (χ0) is 19.3. The fourth-order valence-corrected chi connectivity index (χ4v) is 2.42.